The predicted molar refractivity (Wildman–Crippen MR) is 78.3 cm³/mol. The number of ether oxygens (including phenoxy) is 1. The van der Waals surface area contributed by atoms with Crippen molar-refractivity contribution in [1.82, 2.24) is 0 Å². The largest absolute Gasteiger partial charge is 0.457 e. The van der Waals surface area contributed by atoms with E-state index in [4.69, 9.17) is 10.5 Å². The Morgan fingerprint density at radius 1 is 1.00 bits per heavy atom. The molecule has 0 spiro atoms. The van der Waals surface area contributed by atoms with Crippen LogP contribution >= 0.6 is 0 Å². The van der Waals surface area contributed by atoms with Crippen LogP contribution < -0.4 is 5.73 Å². The van der Waals surface area contributed by atoms with Gasteiger partial charge in [0, 0.05) is 5.92 Å². The van der Waals surface area contributed by atoms with Crippen molar-refractivity contribution in [1.29, 1.82) is 0 Å². The number of amidine groups is 1. The SMILES string of the molecule is NC1=NC(c2ccccc2)C2Cc3ccccc3C2O1. The van der Waals surface area contributed by atoms with Gasteiger partial charge in [0.1, 0.15) is 6.10 Å². The van der Waals surface area contributed by atoms with Gasteiger partial charge in [-0.25, -0.2) is 4.99 Å². The average molecular weight is 264 g/mol. The summed E-state index contributed by atoms with van der Waals surface area (Å²) in [5.74, 6) is 0.335. The molecular formula is C17H16N2O. The molecule has 3 heteroatoms. The summed E-state index contributed by atoms with van der Waals surface area (Å²) < 4.78 is 5.82. The Labute approximate surface area is 118 Å². The highest BCUT2D eigenvalue weighted by atomic mass is 16.5. The van der Waals surface area contributed by atoms with E-state index in [1.807, 2.05) is 18.2 Å². The fraction of sp³-hybridized carbons (Fsp3) is 0.235. The molecule has 2 aliphatic rings. The first-order valence-electron chi connectivity index (χ1n) is 6.95. The predicted octanol–water partition coefficient (Wildman–Crippen LogP) is 2.99. The van der Waals surface area contributed by atoms with Crippen LogP contribution in [-0.2, 0) is 11.2 Å². The zero-order chi connectivity index (χ0) is 13.5. The van der Waals surface area contributed by atoms with Crippen molar-refractivity contribution in [3.8, 4) is 0 Å². The van der Waals surface area contributed by atoms with Crippen LogP contribution in [0.5, 0.6) is 0 Å². The van der Waals surface area contributed by atoms with Crippen molar-refractivity contribution >= 4 is 6.02 Å². The average Bonchev–Trinajstić information content (AvgIpc) is 2.86. The number of benzene rings is 2. The van der Waals surface area contributed by atoms with Gasteiger partial charge in [-0.2, -0.15) is 0 Å². The summed E-state index contributed by atoms with van der Waals surface area (Å²) in [6, 6.07) is 19.2. The second kappa shape index (κ2) is 4.37. The molecule has 1 aliphatic heterocycles. The lowest BCUT2D eigenvalue weighted by Crippen LogP contribution is -2.31. The standard InChI is InChI=1S/C17H16N2O/c18-17-19-15(11-6-2-1-3-7-11)14-10-12-8-4-5-9-13(12)16(14)20-17/h1-9,14-16H,10H2,(H2,18,19). The first-order chi connectivity index (χ1) is 9.83. The van der Waals surface area contributed by atoms with Gasteiger partial charge in [0.05, 0.1) is 6.04 Å². The first kappa shape index (κ1) is 11.5. The number of nitrogens with two attached hydrogens (primary N) is 1. The van der Waals surface area contributed by atoms with Crippen LogP contribution in [0.4, 0.5) is 0 Å². The molecule has 100 valence electrons. The number of hydrogen-bond donors (Lipinski definition) is 1. The third-order valence-electron chi connectivity index (χ3n) is 4.27. The Bertz CT molecular complexity index is 666. The fourth-order valence-corrected chi connectivity index (χ4v) is 3.38. The normalized spacial score (nSPS) is 27.2. The molecule has 2 N–H and O–H groups in total. The van der Waals surface area contributed by atoms with Gasteiger partial charge in [-0.15, -0.1) is 0 Å². The number of hydrogen-bond acceptors (Lipinski definition) is 3. The van der Waals surface area contributed by atoms with Crippen molar-refractivity contribution in [2.75, 3.05) is 0 Å². The van der Waals surface area contributed by atoms with E-state index in [0.29, 0.717) is 11.9 Å². The lowest BCUT2D eigenvalue weighted by Gasteiger charge is -2.31. The van der Waals surface area contributed by atoms with Crippen molar-refractivity contribution in [2.45, 2.75) is 18.6 Å². The molecule has 4 rings (SSSR count). The van der Waals surface area contributed by atoms with Gasteiger partial charge in [0.25, 0.3) is 6.02 Å². The summed E-state index contributed by atoms with van der Waals surface area (Å²) in [5, 5.41) is 0. The molecule has 0 fully saturated rings. The number of rotatable bonds is 1. The molecule has 0 aromatic heterocycles. The van der Waals surface area contributed by atoms with Crippen molar-refractivity contribution in [3.63, 3.8) is 0 Å². The van der Waals surface area contributed by atoms with Gasteiger partial charge < -0.3 is 10.5 Å². The van der Waals surface area contributed by atoms with Gasteiger partial charge in [0.2, 0.25) is 0 Å². The van der Waals surface area contributed by atoms with Crippen molar-refractivity contribution < 1.29 is 4.74 Å². The van der Waals surface area contributed by atoms with Gasteiger partial charge >= 0.3 is 0 Å². The van der Waals surface area contributed by atoms with Crippen LogP contribution in [-0.4, -0.2) is 6.02 Å². The molecule has 1 heterocycles. The van der Waals surface area contributed by atoms with Crippen LogP contribution in [0.3, 0.4) is 0 Å². The highest BCUT2D eigenvalue weighted by Crippen LogP contribution is 2.48. The Morgan fingerprint density at radius 3 is 2.60 bits per heavy atom. The second-order valence-corrected chi connectivity index (χ2v) is 5.43. The molecule has 20 heavy (non-hydrogen) atoms. The van der Waals surface area contributed by atoms with E-state index in [9.17, 15) is 0 Å². The van der Waals surface area contributed by atoms with Crippen molar-refractivity contribution in [3.05, 3.63) is 71.3 Å². The molecule has 2 aromatic rings. The highest BCUT2D eigenvalue weighted by Gasteiger charge is 2.42. The quantitative estimate of drug-likeness (QED) is 0.860. The molecule has 3 atom stereocenters. The van der Waals surface area contributed by atoms with E-state index in [1.54, 1.807) is 0 Å². The Kier molecular flexibility index (Phi) is 2.52. The molecule has 0 radical (unpaired) electrons. The Hall–Kier alpha value is -2.29. The van der Waals surface area contributed by atoms with Crippen LogP contribution in [0.15, 0.2) is 59.6 Å². The minimum atomic E-state index is 0.0360. The van der Waals surface area contributed by atoms with Crippen molar-refractivity contribution in [2.24, 2.45) is 16.6 Å². The van der Waals surface area contributed by atoms with E-state index >= 15 is 0 Å². The molecule has 0 saturated heterocycles. The zero-order valence-electron chi connectivity index (χ0n) is 11.1. The highest BCUT2D eigenvalue weighted by molar-refractivity contribution is 5.73. The number of aliphatic imine (C=N–C) groups is 1. The van der Waals surface area contributed by atoms with Crippen LogP contribution in [0, 0.1) is 5.92 Å². The lowest BCUT2D eigenvalue weighted by molar-refractivity contribution is 0.0964. The maximum atomic E-state index is 5.90. The molecule has 3 nitrogen and oxygen atoms in total. The minimum absolute atomic E-state index is 0.0360. The molecule has 0 bridgehead atoms. The third kappa shape index (κ3) is 1.70. The summed E-state index contributed by atoms with van der Waals surface area (Å²) in [6.45, 7) is 0. The van der Waals surface area contributed by atoms with E-state index in [0.717, 1.165) is 6.42 Å². The number of fused-ring (bicyclic) bond motifs is 3. The molecule has 3 unspecified atom stereocenters. The monoisotopic (exact) mass is 264 g/mol. The van der Waals surface area contributed by atoms with Gasteiger partial charge in [0.15, 0.2) is 0 Å². The molecule has 0 saturated carbocycles. The van der Waals surface area contributed by atoms with Crippen LogP contribution in [0.1, 0.15) is 28.8 Å². The van der Waals surface area contributed by atoms with E-state index in [-0.39, 0.29) is 12.1 Å². The summed E-state index contributed by atoms with van der Waals surface area (Å²) in [7, 11) is 0. The van der Waals surface area contributed by atoms with Crippen LogP contribution in [0.25, 0.3) is 0 Å². The smallest absolute Gasteiger partial charge is 0.283 e. The molecule has 1 aliphatic carbocycles. The maximum absolute atomic E-state index is 5.90. The zero-order valence-corrected chi connectivity index (χ0v) is 11.1. The number of nitrogens with zero attached hydrogens (tertiary/aromatic N) is 1. The molecule has 2 aromatic carbocycles. The van der Waals surface area contributed by atoms with Gasteiger partial charge in [-0.3, -0.25) is 0 Å². The van der Waals surface area contributed by atoms with E-state index in [2.05, 4.69) is 41.4 Å². The van der Waals surface area contributed by atoms with E-state index < -0.39 is 0 Å². The third-order valence-corrected chi connectivity index (χ3v) is 4.27. The van der Waals surface area contributed by atoms with Gasteiger partial charge in [-0.1, -0.05) is 54.6 Å². The van der Waals surface area contributed by atoms with Crippen LogP contribution in [0.2, 0.25) is 0 Å². The Balaban J connectivity index is 1.78. The summed E-state index contributed by atoms with van der Waals surface area (Å²) in [6.07, 6.45) is 1.03. The fourth-order valence-electron chi connectivity index (χ4n) is 3.38. The lowest BCUT2D eigenvalue weighted by atomic mass is 9.88. The maximum Gasteiger partial charge on any atom is 0.283 e. The molecular weight excluding hydrogens is 248 g/mol. The minimum Gasteiger partial charge on any atom is -0.457 e. The summed E-state index contributed by atoms with van der Waals surface area (Å²) in [5.41, 5.74) is 9.73. The summed E-state index contributed by atoms with van der Waals surface area (Å²) in [4.78, 5) is 4.55. The van der Waals surface area contributed by atoms with E-state index in [1.165, 1.54) is 16.7 Å². The summed E-state index contributed by atoms with van der Waals surface area (Å²) >= 11 is 0. The Morgan fingerprint density at radius 2 is 1.75 bits per heavy atom. The second-order valence-electron chi connectivity index (χ2n) is 5.43. The van der Waals surface area contributed by atoms with Gasteiger partial charge in [-0.05, 0) is 23.1 Å². The topological polar surface area (TPSA) is 47.6 Å². The first-order valence-corrected chi connectivity index (χ1v) is 6.95. The molecule has 0 amide bonds.